The van der Waals surface area contributed by atoms with Gasteiger partial charge in [-0.2, -0.15) is 0 Å². The van der Waals surface area contributed by atoms with Gasteiger partial charge in [-0.25, -0.2) is 4.79 Å². The van der Waals surface area contributed by atoms with E-state index in [4.69, 9.17) is 10.8 Å². The highest BCUT2D eigenvalue weighted by Crippen LogP contribution is 2.09. The fraction of sp³-hybridized carbons (Fsp3) is 0.750. The zero-order valence-electron chi connectivity index (χ0n) is 11.3. The molecular formula is C12H22N2O5. The maximum absolute atomic E-state index is 11.6. The van der Waals surface area contributed by atoms with Crippen molar-refractivity contribution >= 4 is 17.8 Å². The number of carboxylic acids is 1. The number of rotatable bonds is 9. The molecule has 0 saturated carbocycles. The summed E-state index contributed by atoms with van der Waals surface area (Å²) in [6, 6.07) is -1.25. The van der Waals surface area contributed by atoms with E-state index in [2.05, 4.69) is 10.1 Å². The first-order valence-corrected chi connectivity index (χ1v) is 6.19. The van der Waals surface area contributed by atoms with Gasteiger partial charge in [-0.05, 0) is 25.3 Å². The van der Waals surface area contributed by atoms with Crippen molar-refractivity contribution in [2.45, 2.75) is 38.6 Å². The predicted octanol–water partition coefficient (Wildman–Crippen LogP) is -0.116. The molecule has 0 heterocycles. The van der Waals surface area contributed by atoms with Crippen LogP contribution in [0.25, 0.3) is 0 Å². The van der Waals surface area contributed by atoms with E-state index in [-0.39, 0.29) is 18.7 Å². The highest BCUT2D eigenvalue weighted by Gasteiger charge is 2.23. The molecule has 0 aliphatic rings. The number of methoxy groups -OCH3 is 1. The standard InChI is InChI=1S/C12H22N2O5/c1-8(5-6-13)3-4-10(15)14-9(12(17)18)7-11(16)19-2/h8-9H,3-7,13H2,1-2H3,(H,14,15)(H,17,18)/t8?,9-/m0/s1. The zero-order chi connectivity index (χ0) is 14.8. The summed E-state index contributed by atoms with van der Waals surface area (Å²) >= 11 is 0. The molecule has 4 N–H and O–H groups in total. The van der Waals surface area contributed by atoms with Crippen LogP contribution in [-0.2, 0) is 19.1 Å². The lowest BCUT2D eigenvalue weighted by molar-refractivity contribution is -0.148. The van der Waals surface area contributed by atoms with E-state index in [1.165, 1.54) is 0 Å². The quantitative estimate of drug-likeness (QED) is 0.504. The van der Waals surface area contributed by atoms with E-state index in [9.17, 15) is 14.4 Å². The third-order valence-electron chi connectivity index (χ3n) is 2.76. The monoisotopic (exact) mass is 274 g/mol. The Morgan fingerprint density at radius 2 is 1.95 bits per heavy atom. The van der Waals surface area contributed by atoms with Gasteiger partial charge in [0.1, 0.15) is 6.04 Å². The minimum Gasteiger partial charge on any atom is -0.480 e. The maximum Gasteiger partial charge on any atom is 0.326 e. The summed E-state index contributed by atoms with van der Waals surface area (Å²) in [5, 5.41) is 11.2. The summed E-state index contributed by atoms with van der Waals surface area (Å²) in [5.74, 6) is -2.02. The molecule has 0 bridgehead atoms. The van der Waals surface area contributed by atoms with Crippen LogP contribution in [0.3, 0.4) is 0 Å². The molecule has 0 aromatic carbocycles. The number of nitrogens with one attached hydrogen (secondary N) is 1. The summed E-state index contributed by atoms with van der Waals surface area (Å²) < 4.78 is 4.38. The van der Waals surface area contributed by atoms with Crippen LogP contribution in [0.4, 0.5) is 0 Å². The molecule has 0 radical (unpaired) electrons. The molecule has 0 aromatic heterocycles. The molecule has 110 valence electrons. The number of carboxylic acid groups (broad SMARTS) is 1. The van der Waals surface area contributed by atoms with Crippen LogP contribution in [0.5, 0.6) is 0 Å². The lowest BCUT2D eigenvalue weighted by atomic mass is 10.0. The Labute approximate surface area is 112 Å². The van der Waals surface area contributed by atoms with Gasteiger partial charge in [0.15, 0.2) is 0 Å². The molecule has 0 rings (SSSR count). The average Bonchev–Trinajstić information content (AvgIpc) is 2.35. The van der Waals surface area contributed by atoms with Crippen LogP contribution in [0.15, 0.2) is 0 Å². The number of hydrogen-bond acceptors (Lipinski definition) is 5. The van der Waals surface area contributed by atoms with Crippen molar-refractivity contribution in [2.24, 2.45) is 11.7 Å². The number of carbonyl (C=O) groups excluding carboxylic acids is 2. The Kier molecular flexibility index (Phi) is 8.52. The highest BCUT2D eigenvalue weighted by molar-refractivity contribution is 5.87. The van der Waals surface area contributed by atoms with E-state index in [1.54, 1.807) is 0 Å². The summed E-state index contributed by atoms with van der Waals surface area (Å²) in [6.07, 6.45) is 1.29. The van der Waals surface area contributed by atoms with Crippen molar-refractivity contribution < 1.29 is 24.2 Å². The third-order valence-corrected chi connectivity index (χ3v) is 2.76. The number of aliphatic carboxylic acids is 1. The van der Waals surface area contributed by atoms with Gasteiger partial charge in [0.2, 0.25) is 5.91 Å². The Morgan fingerprint density at radius 1 is 1.32 bits per heavy atom. The molecule has 2 atom stereocenters. The zero-order valence-corrected chi connectivity index (χ0v) is 11.3. The lowest BCUT2D eigenvalue weighted by Crippen LogP contribution is -2.42. The molecule has 7 heteroatoms. The second-order valence-corrected chi connectivity index (χ2v) is 4.46. The summed E-state index contributed by atoms with van der Waals surface area (Å²) in [7, 11) is 1.16. The summed E-state index contributed by atoms with van der Waals surface area (Å²) in [4.78, 5) is 33.5. The minimum atomic E-state index is -1.26. The molecule has 1 unspecified atom stereocenters. The molecule has 0 aromatic rings. The molecule has 0 fully saturated rings. The van der Waals surface area contributed by atoms with Crippen LogP contribution >= 0.6 is 0 Å². The minimum absolute atomic E-state index is 0.214. The van der Waals surface area contributed by atoms with E-state index in [1.807, 2.05) is 6.92 Å². The van der Waals surface area contributed by atoms with Gasteiger partial charge in [0.25, 0.3) is 0 Å². The van der Waals surface area contributed by atoms with Crippen LogP contribution in [0.1, 0.15) is 32.6 Å². The highest BCUT2D eigenvalue weighted by atomic mass is 16.5. The largest absolute Gasteiger partial charge is 0.480 e. The molecule has 1 amide bonds. The Balaban J connectivity index is 4.17. The van der Waals surface area contributed by atoms with Crippen molar-refractivity contribution in [1.29, 1.82) is 0 Å². The van der Waals surface area contributed by atoms with Crippen LogP contribution < -0.4 is 11.1 Å². The molecule has 19 heavy (non-hydrogen) atoms. The Morgan fingerprint density at radius 3 is 2.42 bits per heavy atom. The first-order valence-electron chi connectivity index (χ1n) is 6.19. The second-order valence-electron chi connectivity index (χ2n) is 4.46. The normalized spacial score (nSPS) is 13.4. The number of nitrogens with two attached hydrogens (primary N) is 1. The van der Waals surface area contributed by atoms with Crippen molar-refractivity contribution in [3.63, 3.8) is 0 Å². The van der Waals surface area contributed by atoms with E-state index in [0.29, 0.717) is 18.9 Å². The predicted molar refractivity (Wildman–Crippen MR) is 68.3 cm³/mol. The van der Waals surface area contributed by atoms with Crippen molar-refractivity contribution in [3.8, 4) is 0 Å². The average molecular weight is 274 g/mol. The molecule has 7 nitrogen and oxygen atoms in total. The molecule has 0 spiro atoms. The van der Waals surface area contributed by atoms with Gasteiger partial charge in [-0.1, -0.05) is 6.92 Å². The number of carbonyl (C=O) groups is 3. The number of esters is 1. The fourth-order valence-corrected chi connectivity index (χ4v) is 1.52. The Hall–Kier alpha value is -1.63. The Bertz CT molecular complexity index is 319. The summed E-state index contributed by atoms with van der Waals surface area (Å²) in [5.41, 5.74) is 5.40. The molecule has 0 saturated heterocycles. The van der Waals surface area contributed by atoms with Gasteiger partial charge in [0.05, 0.1) is 13.5 Å². The molecule has 0 aliphatic heterocycles. The van der Waals surface area contributed by atoms with E-state index >= 15 is 0 Å². The smallest absolute Gasteiger partial charge is 0.326 e. The van der Waals surface area contributed by atoms with Gasteiger partial charge < -0.3 is 20.9 Å². The van der Waals surface area contributed by atoms with Crippen LogP contribution in [0.2, 0.25) is 0 Å². The van der Waals surface area contributed by atoms with Gasteiger partial charge >= 0.3 is 11.9 Å². The van der Waals surface area contributed by atoms with Crippen molar-refractivity contribution in [1.82, 2.24) is 5.32 Å². The first kappa shape index (κ1) is 17.4. The first-order chi connectivity index (χ1) is 8.90. The van der Waals surface area contributed by atoms with Gasteiger partial charge in [0, 0.05) is 6.42 Å². The van der Waals surface area contributed by atoms with Crippen LogP contribution in [-0.4, -0.2) is 42.6 Å². The van der Waals surface area contributed by atoms with Gasteiger partial charge in [-0.3, -0.25) is 9.59 Å². The van der Waals surface area contributed by atoms with E-state index < -0.39 is 18.0 Å². The molecular weight excluding hydrogens is 252 g/mol. The van der Waals surface area contributed by atoms with Gasteiger partial charge in [-0.15, -0.1) is 0 Å². The maximum atomic E-state index is 11.6. The topological polar surface area (TPSA) is 119 Å². The van der Waals surface area contributed by atoms with E-state index in [0.717, 1.165) is 13.5 Å². The number of ether oxygens (including phenoxy) is 1. The SMILES string of the molecule is COC(=O)C[C@H](NC(=O)CCC(C)CCN)C(=O)O. The second kappa shape index (κ2) is 9.32. The molecule has 0 aliphatic carbocycles. The van der Waals surface area contributed by atoms with Crippen molar-refractivity contribution in [3.05, 3.63) is 0 Å². The van der Waals surface area contributed by atoms with Crippen LogP contribution in [0, 0.1) is 5.92 Å². The fourth-order valence-electron chi connectivity index (χ4n) is 1.52. The number of amides is 1. The third kappa shape index (κ3) is 8.15. The number of hydrogen-bond donors (Lipinski definition) is 3. The summed E-state index contributed by atoms with van der Waals surface area (Å²) in [6.45, 7) is 2.53. The lowest BCUT2D eigenvalue weighted by Gasteiger charge is -2.14. The van der Waals surface area contributed by atoms with Crippen molar-refractivity contribution in [2.75, 3.05) is 13.7 Å².